The number of aromatic nitrogens is 1. The van der Waals surface area contributed by atoms with Gasteiger partial charge in [0.25, 0.3) is 0 Å². The van der Waals surface area contributed by atoms with Crippen LogP contribution in [0.15, 0.2) is 152 Å². The first-order valence-electron chi connectivity index (χ1n) is 14.5. The molecule has 0 aliphatic heterocycles. The maximum atomic E-state index is 4.23. The molecule has 9 rings (SSSR count). The fraction of sp³-hybridized carbons (Fsp3) is 0. The highest BCUT2D eigenvalue weighted by molar-refractivity contribution is 6.27. The molecule has 1 nitrogen and oxygen atoms in total. The molecular formula is C41H25N. The normalized spacial score (nSPS) is 11.8. The lowest BCUT2D eigenvalue weighted by Crippen LogP contribution is -1.90. The molecule has 42 heavy (non-hydrogen) atoms. The lowest BCUT2D eigenvalue weighted by atomic mass is 9.87. The predicted octanol–water partition coefficient (Wildman–Crippen LogP) is 11.3. The van der Waals surface area contributed by atoms with Crippen molar-refractivity contribution in [3.05, 3.63) is 152 Å². The van der Waals surface area contributed by atoms with Crippen molar-refractivity contribution in [3.8, 4) is 33.4 Å². The van der Waals surface area contributed by atoms with Crippen molar-refractivity contribution in [2.45, 2.75) is 0 Å². The third-order valence-corrected chi connectivity index (χ3v) is 8.93. The molecule has 1 aromatic heterocycles. The predicted molar refractivity (Wildman–Crippen MR) is 179 cm³/mol. The van der Waals surface area contributed by atoms with Crippen LogP contribution in [0, 0.1) is 0 Å². The van der Waals surface area contributed by atoms with E-state index in [1.165, 1.54) is 87.2 Å². The quantitative estimate of drug-likeness (QED) is 0.207. The Bertz CT molecular complexity index is 2440. The van der Waals surface area contributed by atoms with Gasteiger partial charge in [-0.15, -0.1) is 0 Å². The van der Waals surface area contributed by atoms with Gasteiger partial charge in [-0.1, -0.05) is 121 Å². The maximum Gasteiger partial charge on any atom is 0.0273 e. The fourth-order valence-corrected chi connectivity index (χ4v) is 6.96. The Hall–Kier alpha value is -5.53. The molecule has 1 heteroatoms. The van der Waals surface area contributed by atoms with Crippen LogP contribution in [0.4, 0.5) is 0 Å². The summed E-state index contributed by atoms with van der Waals surface area (Å²) < 4.78 is 0. The van der Waals surface area contributed by atoms with E-state index >= 15 is 0 Å². The summed E-state index contributed by atoms with van der Waals surface area (Å²) in [6.07, 6.45) is 3.74. The molecule has 0 unspecified atom stereocenters. The van der Waals surface area contributed by atoms with Crippen LogP contribution in [-0.4, -0.2) is 4.98 Å². The van der Waals surface area contributed by atoms with Gasteiger partial charge < -0.3 is 0 Å². The summed E-state index contributed by atoms with van der Waals surface area (Å²) in [5, 5.41) is 13.0. The summed E-state index contributed by atoms with van der Waals surface area (Å²) in [6, 6.07) is 51.3. The number of nitrogens with zero attached hydrogens (tertiary/aromatic N) is 1. The van der Waals surface area contributed by atoms with Gasteiger partial charge in [0.2, 0.25) is 0 Å². The van der Waals surface area contributed by atoms with Crippen LogP contribution in [0.2, 0.25) is 0 Å². The van der Waals surface area contributed by atoms with Gasteiger partial charge in [0.1, 0.15) is 0 Å². The first-order chi connectivity index (χ1) is 20.8. The Labute approximate surface area is 243 Å². The van der Waals surface area contributed by atoms with E-state index in [0.29, 0.717) is 0 Å². The van der Waals surface area contributed by atoms with Crippen molar-refractivity contribution < 1.29 is 0 Å². The molecule has 194 valence electrons. The summed E-state index contributed by atoms with van der Waals surface area (Å²) >= 11 is 0. The van der Waals surface area contributed by atoms with Crippen LogP contribution in [-0.2, 0) is 0 Å². The molecule has 0 amide bonds. The van der Waals surface area contributed by atoms with E-state index in [2.05, 4.69) is 145 Å². The third-order valence-electron chi connectivity index (χ3n) is 8.93. The standard InChI is InChI=1S/C41H25N/c1-2-6-32-31(5-1)25-39(36-8-4-3-7-35(32)36)27-11-9-26(10-12-27)33-17-13-29-16-20-38-34(28-21-23-42-24-22-28)18-14-30-15-19-37(33)40(29)41(30)38/h1-25H. The highest BCUT2D eigenvalue weighted by Gasteiger charge is 2.15. The van der Waals surface area contributed by atoms with Gasteiger partial charge >= 0.3 is 0 Å². The molecule has 8 aromatic carbocycles. The van der Waals surface area contributed by atoms with E-state index in [1.807, 2.05) is 12.4 Å². The van der Waals surface area contributed by atoms with E-state index < -0.39 is 0 Å². The van der Waals surface area contributed by atoms with E-state index in [9.17, 15) is 0 Å². The number of hydrogen-bond donors (Lipinski definition) is 0. The second-order valence-electron chi connectivity index (χ2n) is 11.2. The summed E-state index contributed by atoms with van der Waals surface area (Å²) in [7, 11) is 0. The van der Waals surface area contributed by atoms with Crippen LogP contribution in [0.3, 0.4) is 0 Å². The molecule has 1 heterocycles. The topological polar surface area (TPSA) is 12.9 Å². The summed E-state index contributed by atoms with van der Waals surface area (Å²) in [4.78, 5) is 4.23. The Morgan fingerprint density at radius 3 is 1.45 bits per heavy atom. The smallest absolute Gasteiger partial charge is 0.0273 e. The zero-order chi connectivity index (χ0) is 27.6. The van der Waals surface area contributed by atoms with Crippen molar-refractivity contribution >= 4 is 53.9 Å². The van der Waals surface area contributed by atoms with Crippen LogP contribution in [0.5, 0.6) is 0 Å². The maximum absolute atomic E-state index is 4.23. The SMILES string of the molecule is c1ccc2c(c1)cc(-c1ccc(-c3ccc4ccc5c(-c6ccncc6)ccc6ccc3c4c65)cc1)c1ccccc12. The molecule has 0 radical (unpaired) electrons. The van der Waals surface area contributed by atoms with Gasteiger partial charge in [-0.3, -0.25) is 4.98 Å². The molecule has 0 fully saturated rings. The van der Waals surface area contributed by atoms with E-state index in [-0.39, 0.29) is 0 Å². The molecule has 0 N–H and O–H groups in total. The van der Waals surface area contributed by atoms with Gasteiger partial charge in [-0.2, -0.15) is 0 Å². The molecule has 0 aliphatic rings. The van der Waals surface area contributed by atoms with Gasteiger partial charge in [-0.25, -0.2) is 0 Å². The van der Waals surface area contributed by atoms with Gasteiger partial charge in [0.05, 0.1) is 0 Å². The molecule has 0 saturated carbocycles. The van der Waals surface area contributed by atoms with Crippen LogP contribution < -0.4 is 0 Å². The average Bonchev–Trinajstić information content (AvgIpc) is 3.07. The monoisotopic (exact) mass is 531 g/mol. The minimum Gasteiger partial charge on any atom is -0.265 e. The van der Waals surface area contributed by atoms with Gasteiger partial charge in [0.15, 0.2) is 0 Å². The van der Waals surface area contributed by atoms with Crippen LogP contribution >= 0.6 is 0 Å². The second-order valence-corrected chi connectivity index (χ2v) is 11.2. The number of hydrogen-bond acceptors (Lipinski definition) is 1. The summed E-state index contributed by atoms with van der Waals surface area (Å²) in [5.41, 5.74) is 7.45. The summed E-state index contributed by atoms with van der Waals surface area (Å²) in [5.74, 6) is 0. The highest BCUT2D eigenvalue weighted by Crippen LogP contribution is 2.43. The van der Waals surface area contributed by atoms with Gasteiger partial charge in [0, 0.05) is 12.4 Å². The zero-order valence-corrected chi connectivity index (χ0v) is 22.9. The molecule has 9 aromatic rings. The summed E-state index contributed by atoms with van der Waals surface area (Å²) in [6.45, 7) is 0. The van der Waals surface area contributed by atoms with E-state index in [1.54, 1.807) is 0 Å². The van der Waals surface area contributed by atoms with Crippen molar-refractivity contribution in [1.29, 1.82) is 0 Å². The van der Waals surface area contributed by atoms with Crippen LogP contribution in [0.25, 0.3) is 87.2 Å². The Morgan fingerprint density at radius 2 is 0.810 bits per heavy atom. The van der Waals surface area contributed by atoms with E-state index in [4.69, 9.17) is 0 Å². The third kappa shape index (κ3) is 3.41. The lowest BCUT2D eigenvalue weighted by Gasteiger charge is -2.17. The number of benzene rings is 8. The van der Waals surface area contributed by atoms with Crippen LogP contribution in [0.1, 0.15) is 0 Å². The van der Waals surface area contributed by atoms with Crippen molar-refractivity contribution in [1.82, 2.24) is 4.98 Å². The zero-order valence-electron chi connectivity index (χ0n) is 22.9. The van der Waals surface area contributed by atoms with Crippen molar-refractivity contribution in [2.24, 2.45) is 0 Å². The van der Waals surface area contributed by atoms with Crippen molar-refractivity contribution in [3.63, 3.8) is 0 Å². The lowest BCUT2D eigenvalue weighted by molar-refractivity contribution is 1.33. The molecule has 0 spiro atoms. The highest BCUT2D eigenvalue weighted by atomic mass is 14.6. The second kappa shape index (κ2) is 8.99. The Kier molecular flexibility index (Phi) is 4.97. The molecular weight excluding hydrogens is 506 g/mol. The first kappa shape index (κ1) is 23.2. The Morgan fingerprint density at radius 1 is 0.310 bits per heavy atom. The Balaban J connectivity index is 1.22. The fourth-order valence-electron chi connectivity index (χ4n) is 6.96. The van der Waals surface area contributed by atoms with E-state index in [0.717, 1.165) is 0 Å². The first-order valence-corrected chi connectivity index (χ1v) is 14.5. The minimum absolute atomic E-state index is 1.19. The molecule has 0 bridgehead atoms. The van der Waals surface area contributed by atoms with Gasteiger partial charge in [-0.05, 0) is 105 Å². The largest absolute Gasteiger partial charge is 0.265 e. The molecule has 0 aliphatic carbocycles. The average molecular weight is 532 g/mol. The molecule has 0 saturated heterocycles. The number of pyridine rings is 1. The number of rotatable bonds is 3. The van der Waals surface area contributed by atoms with Crippen molar-refractivity contribution in [2.75, 3.05) is 0 Å². The number of fused-ring (bicyclic) bond motifs is 3. The molecule has 0 atom stereocenters. The minimum atomic E-state index is 1.19.